The van der Waals surface area contributed by atoms with Crippen LogP contribution in [0.3, 0.4) is 0 Å². The summed E-state index contributed by atoms with van der Waals surface area (Å²) in [6, 6.07) is 12.2. The van der Waals surface area contributed by atoms with Crippen molar-refractivity contribution in [2.45, 2.75) is 45.2 Å². The van der Waals surface area contributed by atoms with Gasteiger partial charge in [-0.2, -0.15) is 0 Å². The SMILES string of the molecule is CCc1ccccc1N1CC(C(=O)N(Cc2ccncc2)C2CC2)CC1=O. The molecule has 0 bridgehead atoms. The fourth-order valence-electron chi connectivity index (χ4n) is 3.87. The second kappa shape index (κ2) is 7.51. The van der Waals surface area contributed by atoms with E-state index in [1.807, 2.05) is 35.2 Å². The molecule has 0 radical (unpaired) electrons. The number of carbonyl (C=O) groups is 2. The number of amides is 2. The summed E-state index contributed by atoms with van der Waals surface area (Å²) in [5.74, 6) is -0.0992. The first-order valence-electron chi connectivity index (χ1n) is 9.75. The maximum absolute atomic E-state index is 13.2. The summed E-state index contributed by atoms with van der Waals surface area (Å²) in [5.41, 5.74) is 3.19. The predicted octanol–water partition coefficient (Wildman–Crippen LogP) is 3.19. The normalized spacial score (nSPS) is 19.4. The third-order valence-electron chi connectivity index (χ3n) is 5.51. The lowest BCUT2D eigenvalue weighted by Crippen LogP contribution is -2.38. The molecule has 1 aromatic carbocycles. The number of aromatic nitrogens is 1. The van der Waals surface area contributed by atoms with Crippen LogP contribution in [0.25, 0.3) is 0 Å². The van der Waals surface area contributed by atoms with E-state index in [0.29, 0.717) is 25.6 Å². The minimum Gasteiger partial charge on any atom is -0.335 e. The van der Waals surface area contributed by atoms with Gasteiger partial charge in [-0.05, 0) is 48.6 Å². The van der Waals surface area contributed by atoms with Gasteiger partial charge >= 0.3 is 0 Å². The molecule has 1 saturated carbocycles. The Labute approximate surface area is 160 Å². The van der Waals surface area contributed by atoms with Gasteiger partial charge in [0, 0.05) is 43.6 Å². The van der Waals surface area contributed by atoms with E-state index in [2.05, 4.69) is 18.0 Å². The first-order valence-corrected chi connectivity index (χ1v) is 9.75. The van der Waals surface area contributed by atoms with Crippen LogP contribution in [0.1, 0.15) is 37.3 Å². The predicted molar refractivity (Wildman–Crippen MR) is 104 cm³/mol. The number of aryl methyl sites for hydroxylation is 1. The van der Waals surface area contributed by atoms with E-state index in [1.165, 1.54) is 0 Å². The van der Waals surface area contributed by atoms with Crippen LogP contribution in [-0.2, 0) is 22.6 Å². The molecule has 1 saturated heterocycles. The number of para-hydroxylation sites is 1. The van der Waals surface area contributed by atoms with Gasteiger partial charge in [0.05, 0.1) is 5.92 Å². The molecule has 0 spiro atoms. The Hall–Kier alpha value is -2.69. The summed E-state index contributed by atoms with van der Waals surface area (Å²) >= 11 is 0. The van der Waals surface area contributed by atoms with E-state index in [-0.39, 0.29) is 17.7 Å². The van der Waals surface area contributed by atoms with E-state index >= 15 is 0 Å². The van der Waals surface area contributed by atoms with Crippen molar-refractivity contribution >= 4 is 17.5 Å². The average molecular weight is 363 g/mol. The molecule has 1 atom stereocenters. The van der Waals surface area contributed by atoms with Gasteiger partial charge in [0.25, 0.3) is 0 Å². The zero-order valence-electron chi connectivity index (χ0n) is 15.7. The topological polar surface area (TPSA) is 53.5 Å². The Morgan fingerprint density at radius 3 is 2.63 bits per heavy atom. The van der Waals surface area contributed by atoms with Crippen LogP contribution in [0.15, 0.2) is 48.8 Å². The Kier molecular flexibility index (Phi) is 4.92. The number of hydrogen-bond acceptors (Lipinski definition) is 3. The fraction of sp³-hybridized carbons (Fsp3) is 0.409. The quantitative estimate of drug-likeness (QED) is 0.792. The molecular weight excluding hydrogens is 338 g/mol. The maximum atomic E-state index is 13.2. The number of benzene rings is 1. The minimum absolute atomic E-state index is 0.0499. The molecule has 2 aliphatic rings. The lowest BCUT2D eigenvalue weighted by molar-refractivity contribution is -0.137. The van der Waals surface area contributed by atoms with Crippen LogP contribution >= 0.6 is 0 Å². The van der Waals surface area contributed by atoms with Gasteiger partial charge in [-0.3, -0.25) is 14.6 Å². The fourth-order valence-corrected chi connectivity index (χ4v) is 3.87. The van der Waals surface area contributed by atoms with Crippen LogP contribution in [0.2, 0.25) is 0 Å². The summed E-state index contributed by atoms with van der Waals surface area (Å²) in [6.07, 6.45) is 6.80. The van der Waals surface area contributed by atoms with Gasteiger partial charge in [0.2, 0.25) is 11.8 Å². The second-order valence-electron chi connectivity index (χ2n) is 7.44. The second-order valence-corrected chi connectivity index (χ2v) is 7.44. The van der Waals surface area contributed by atoms with Crippen molar-refractivity contribution in [1.29, 1.82) is 0 Å². The average Bonchev–Trinajstić information content (AvgIpc) is 3.48. The van der Waals surface area contributed by atoms with Gasteiger partial charge in [-0.1, -0.05) is 25.1 Å². The molecule has 2 amide bonds. The Morgan fingerprint density at radius 2 is 1.93 bits per heavy atom. The van der Waals surface area contributed by atoms with E-state index in [0.717, 1.165) is 36.1 Å². The summed E-state index contributed by atoms with van der Waals surface area (Å²) in [6.45, 7) is 3.17. The summed E-state index contributed by atoms with van der Waals surface area (Å²) in [5, 5.41) is 0. The lowest BCUT2D eigenvalue weighted by atomic mass is 10.1. The van der Waals surface area contributed by atoms with Crippen LogP contribution < -0.4 is 4.90 Å². The van der Waals surface area contributed by atoms with Crippen LogP contribution in [0.4, 0.5) is 5.69 Å². The standard InChI is InChI=1S/C22H25N3O2/c1-2-17-5-3-4-6-20(17)25-15-18(13-21(25)26)22(27)24(19-7-8-19)14-16-9-11-23-12-10-16/h3-6,9-12,18-19H,2,7-8,13-15H2,1H3. The third kappa shape index (κ3) is 3.72. The summed E-state index contributed by atoms with van der Waals surface area (Å²) < 4.78 is 0. The highest BCUT2D eigenvalue weighted by molar-refractivity contribution is 6.00. The van der Waals surface area contributed by atoms with Crippen molar-refractivity contribution in [3.8, 4) is 0 Å². The third-order valence-corrected chi connectivity index (χ3v) is 5.51. The minimum atomic E-state index is -0.259. The molecule has 140 valence electrons. The number of rotatable bonds is 6. The van der Waals surface area contributed by atoms with Crippen molar-refractivity contribution in [2.75, 3.05) is 11.4 Å². The molecule has 27 heavy (non-hydrogen) atoms. The molecule has 5 heteroatoms. The van der Waals surface area contributed by atoms with E-state index in [1.54, 1.807) is 17.3 Å². The molecule has 1 aliphatic heterocycles. The molecule has 0 N–H and O–H groups in total. The van der Waals surface area contributed by atoms with Crippen molar-refractivity contribution in [2.24, 2.45) is 5.92 Å². The highest BCUT2D eigenvalue weighted by atomic mass is 16.2. The van der Waals surface area contributed by atoms with Crippen LogP contribution in [0.5, 0.6) is 0 Å². The van der Waals surface area contributed by atoms with E-state index in [4.69, 9.17) is 0 Å². The lowest BCUT2D eigenvalue weighted by Gasteiger charge is -2.26. The molecule has 2 fully saturated rings. The molecule has 2 aromatic rings. The number of hydrogen-bond donors (Lipinski definition) is 0. The van der Waals surface area contributed by atoms with Gasteiger partial charge in [-0.15, -0.1) is 0 Å². The molecule has 4 rings (SSSR count). The number of pyridine rings is 1. The number of carbonyl (C=O) groups excluding carboxylic acids is 2. The van der Waals surface area contributed by atoms with Gasteiger partial charge in [0.1, 0.15) is 0 Å². The first kappa shape index (κ1) is 17.7. The highest BCUT2D eigenvalue weighted by Crippen LogP contribution is 2.34. The highest BCUT2D eigenvalue weighted by Gasteiger charge is 2.41. The molecule has 1 aromatic heterocycles. The van der Waals surface area contributed by atoms with Gasteiger partial charge in [0.15, 0.2) is 0 Å². The van der Waals surface area contributed by atoms with Gasteiger partial charge < -0.3 is 9.80 Å². The Balaban J connectivity index is 1.51. The summed E-state index contributed by atoms with van der Waals surface area (Å²) in [7, 11) is 0. The molecule has 5 nitrogen and oxygen atoms in total. The monoisotopic (exact) mass is 363 g/mol. The summed E-state index contributed by atoms with van der Waals surface area (Å²) in [4.78, 5) is 33.7. The van der Waals surface area contributed by atoms with Crippen molar-refractivity contribution in [3.63, 3.8) is 0 Å². The zero-order valence-corrected chi connectivity index (χ0v) is 15.7. The van der Waals surface area contributed by atoms with E-state index in [9.17, 15) is 9.59 Å². The smallest absolute Gasteiger partial charge is 0.228 e. The molecule has 1 aliphatic carbocycles. The first-order chi connectivity index (χ1) is 13.2. The number of anilines is 1. The molecule has 2 heterocycles. The Bertz CT molecular complexity index is 832. The van der Waals surface area contributed by atoms with Crippen molar-refractivity contribution in [1.82, 2.24) is 9.88 Å². The molecular formula is C22H25N3O2. The Morgan fingerprint density at radius 1 is 1.19 bits per heavy atom. The van der Waals surface area contributed by atoms with E-state index < -0.39 is 0 Å². The van der Waals surface area contributed by atoms with Gasteiger partial charge in [-0.25, -0.2) is 0 Å². The van der Waals surface area contributed by atoms with Crippen molar-refractivity contribution in [3.05, 3.63) is 59.9 Å². The zero-order chi connectivity index (χ0) is 18.8. The number of nitrogens with zero attached hydrogens (tertiary/aromatic N) is 3. The van der Waals surface area contributed by atoms with Crippen LogP contribution in [-0.4, -0.2) is 34.3 Å². The van der Waals surface area contributed by atoms with Crippen LogP contribution in [0, 0.1) is 5.92 Å². The molecule has 1 unspecified atom stereocenters. The largest absolute Gasteiger partial charge is 0.335 e. The van der Waals surface area contributed by atoms with Crippen molar-refractivity contribution < 1.29 is 9.59 Å². The maximum Gasteiger partial charge on any atom is 0.228 e.